The molecule has 2 rings (SSSR count). The zero-order chi connectivity index (χ0) is 19.9. The molecule has 2 aromatic rings. The second kappa shape index (κ2) is 10.3. The maximum atomic E-state index is 14.8. The Labute approximate surface area is 167 Å². The lowest BCUT2D eigenvalue weighted by atomic mass is 9.87. The fourth-order valence-corrected chi connectivity index (χ4v) is 5.27. The average Bonchev–Trinajstić information content (AvgIpc) is 2.67. The van der Waals surface area contributed by atoms with Crippen LogP contribution >= 0.6 is 11.6 Å². The van der Waals surface area contributed by atoms with Crippen LogP contribution in [0.3, 0.4) is 0 Å². The molecule has 2 nitrogen and oxygen atoms in total. The Morgan fingerprint density at radius 1 is 1.04 bits per heavy atom. The van der Waals surface area contributed by atoms with E-state index in [1.807, 2.05) is 6.92 Å². The maximum absolute atomic E-state index is 14.8. The van der Waals surface area contributed by atoms with Gasteiger partial charge in [-0.25, -0.2) is 8.78 Å². The molecular weight excluding hydrogens is 390 g/mol. The summed E-state index contributed by atoms with van der Waals surface area (Å²) >= 11 is 5.94. The third-order valence-electron chi connectivity index (χ3n) is 4.72. The minimum Gasteiger partial charge on any atom is -0.396 e. The van der Waals surface area contributed by atoms with Crippen molar-refractivity contribution in [3.8, 4) is 0 Å². The van der Waals surface area contributed by atoms with E-state index in [4.69, 9.17) is 11.6 Å². The Kier molecular flexibility index (Phi) is 8.39. The number of benzene rings is 2. The summed E-state index contributed by atoms with van der Waals surface area (Å²) in [5, 5.41) is 9.69. The first kappa shape index (κ1) is 22.0. The first-order valence-electron chi connectivity index (χ1n) is 9.18. The summed E-state index contributed by atoms with van der Waals surface area (Å²) in [6, 6.07) is 9.96. The van der Waals surface area contributed by atoms with Gasteiger partial charge in [-0.15, -0.1) is 0 Å². The molecule has 27 heavy (non-hydrogen) atoms. The standard InChI is InChI=1S/C21H25ClF2O2S/c1-2-3-12-21(13-4-5-14-25,19-15-17(23)8-11-20(19)24)27(26)18-9-6-16(22)7-10-18/h6-11,15,25H,2-5,12-14H2,1H3. The Balaban J connectivity index is 2.60. The smallest absolute Gasteiger partial charge is 0.128 e. The van der Waals surface area contributed by atoms with Gasteiger partial charge in [-0.05, 0) is 68.1 Å². The number of hydrogen-bond acceptors (Lipinski definition) is 2. The molecule has 2 unspecified atom stereocenters. The quantitative estimate of drug-likeness (QED) is 0.486. The van der Waals surface area contributed by atoms with E-state index in [9.17, 15) is 18.1 Å². The van der Waals surface area contributed by atoms with Crippen molar-refractivity contribution < 1.29 is 18.1 Å². The molecular formula is C21H25ClF2O2S. The van der Waals surface area contributed by atoms with E-state index in [1.165, 1.54) is 0 Å². The molecule has 148 valence electrons. The molecule has 0 spiro atoms. The van der Waals surface area contributed by atoms with Crippen LogP contribution in [-0.2, 0) is 15.5 Å². The Morgan fingerprint density at radius 3 is 2.33 bits per heavy atom. The number of hydrogen-bond donors (Lipinski definition) is 1. The monoisotopic (exact) mass is 414 g/mol. The van der Waals surface area contributed by atoms with E-state index in [1.54, 1.807) is 24.3 Å². The summed E-state index contributed by atoms with van der Waals surface area (Å²) in [7, 11) is -1.61. The number of aliphatic hydroxyl groups is 1. The maximum Gasteiger partial charge on any atom is 0.128 e. The second-order valence-corrected chi connectivity index (χ2v) is 8.85. The molecule has 0 fully saturated rings. The molecule has 1 N–H and O–H groups in total. The third kappa shape index (κ3) is 5.37. The van der Waals surface area contributed by atoms with Gasteiger partial charge in [0.05, 0.1) is 15.5 Å². The second-order valence-electron chi connectivity index (χ2n) is 6.63. The largest absolute Gasteiger partial charge is 0.396 e. The van der Waals surface area contributed by atoms with Crippen LogP contribution in [0.4, 0.5) is 8.78 Å². The minimum absolute atomic E-state index is 0.00305. The van der Waals surface area contributed by atoms with Gasteiger partial charge < -0.3 is 5.11 Å². The summed E-state index contributed by atoms with van der Waals surface area (Å²) in [4.78, 5) is 0.531. The van der Waals surface area contributed by atoms with Gasteiger partial charge in [-0.3, -0.25) is 4.21 Å². The van der Waals surface area contributed by atoms with Gasteiger partial charge in [0.1, 0.15) is 11.6 Å². The highest BCUT2D eigenvalue weighted by Gasteiger charge is 2.40. The summed E-state index contributed by atoms with van der Waals surface area (Å²) in [5.74, 6) is -1.11. The van der Waals surface area contributed by atoms with E-state index < -0.39 is 27.2 Å². The van der Waals surface area contributed by atoms with E-state index >= 15 is 0 Å². The van der Waals surface area contributed by atoms with Crippen LogP contribution in [0, 0.1) is 11.6 Å². The highest BCUT2D eigenvalue weighted by molar-refractivity contribution is 7.86. The van der Waals surface area contributed by atoms with E-state index in [0.717, 1.165) is 31.0 Å². The van der Waals surface area contributed by atoms with Gasteiger partial charge in [0.2, 0.25) is 0 Å². The third-order valence-corrected chi connectivity index (χ3v) is 7.01. The van der Waals surface area contributed by atoms with Crippen LogP contribution in [0.2, 0.25) is 5.02 Å². The SMILES string of the molecule is CCCCC(CCCCO)(c1cc(F)ccc1F)S(=O)c1ccc(Cl)cc1. The number of aliphatic hydroxyl groups excluding tert-OH is 1. The van der Waals surface area contributed by atoms with Crippen molar-refractivity contribution in [3.05, 3.63) is 64.7 Å². The van der Waals surface area contributed by atoms with Crippen molar-refractivity contribution in [1.29, 1.82) is 0 Å². The van der Waals surface area contributed by atoms with Crippen LogP contribution in [0.1, 0.15) is 51.0 Å². The van der Waals surface area contributed by atoms with Crippen molar-refractivity contribution >= 4 is 22.4 Å². The van der Waals surface area contributed by atoms with E-state index in [2.05, 4.69) is 0 Å². The molecule has 6 heteroatoms. The van der Waals surface area contributed by atoms with Gasteiger partial charge in [0, 0.05) is 22.1 Å². The van der Waals surface area contributed by atoms with Gasteiger partial charge in [0.15, 0.2) is 0 Å². The van der Waals surface area contributed by atoms with Gasteiger partial charge in [-0.2, -0.15) is 0 Å². The number of unbranched alkanes of at least 4 members (excludes halogenated alkanes) is 2. The van der Waals surface area contributed by atoms with Gasteiger partial charge in [0.25, 0.3) is 0 Å². The minimum atomic E-state index is -1.61. The van der Waals surface area contributed by atoms with Crippen molar-refractivity contribution in [3.63, 3.8) is 0 Å². The van der Waals surface area contributed by atoms with Crippen molar-refractivity contribution in [2.45, 2.75) is 55.1 Å². The predicted molar refractivity (Wildman–Crippen MR) is 106 cm³/mol. The van der Waals surface area contributed by atoms with E-state index in [-0.39, 0.29) is 12.2 Å². The summed E-state index contributed by atoms with van der Waals surface area (Å²) in [5.41, 5.74) is 0.141. The van der Waals surface area contributed by atoms with Crippen LogP contribution in [-0.4, -0.2) is 15.9 Å². The molecule has 0 saturated carbocycles. The van der Waals surface area contributed by atoms with Gasteiger partial charge >= 0.3 is 0 Å². The van der Waals surface area contributed by atoms with E-state index in [0.29, 0.717) is 35.6 Å². The lowest BCUT2D eigenvalue weighted by Gasteiger charge is -2.34. The Bertz CT molecular complexity index is 767. The van der Waals surface area contributed by atoms with Crippen molar-refractivity contribution in [1.82, 2.24) is 0 Å². The molecule has 2 atom stereocenters. The molecule has 0 aromatic heterocycles. The van der Waals surface area contributed by atoms with Gasteiger partial charge in [-0.1, -0.05) is 31.4 Å². The molecule has 0 aliphatic carbocycles. The van der Waals surface area contributed by atoms with Crippen LogP contribution in [0.5, 0.6) is 0 Å². The molecule has 2 aromatic carbocycles. The van der Waals surface area contributed by atoms with Crippen molar-refractivity contribution in [2.24, 2.45) is 0 Å². The molecule has 0 amide bonds. The highest BCUT2D eigenvalue weighted by atomic mass is 35.5. The molecule has 0 saturated heterocycles. The summed E-state index contributed by atoms with van der Waals surface area (Å²) < 4.78 is 41.3. The summed E-state index contributed by atoms with van der Waals surface area (Å²) in [6.07, 6.45) is 3.51. The zero-order valence-electron chi connectivity index (χ0n) is 15.4. The fraction of sp³-hybridized carbons (Fsp3) is 0.429. The van der Waals surface area contributed by atoms with Crippen LogP contribution < -0.4 is 0 Å². The molecule has 0 radical (unpaired) electrons. The lowest BCUT2D eigenvalue weighted by molar-refractivity contribution is 0.278. The van der Waals surface area contributed by atoms with Crippen LogP contribution in [0.15, 0.2) is 47.4 Å². The zero-order valence-corrected chi connectivity index (χ0v) is 17.0. The lowest BCUT2D eigenvalue weighted by Crippen LogP contribution is -2.33. The highest BCUT2D eigenvalue weighted by Crippen LogP contribution is 2.43. The molecule has 0 aliphatic heterocycles. The van der Waals surface area contributed by atoms with Crippen LogP contribution in [0.25, 0.3) is 0 Å². The summed E-state index contributed by atoms with van der Waals surface area (Å²) in [6.45, 7) is 2.01. The van der Waals surface area contributed by atoms with Crippen molar-refractivity contribution in [2.75, 3.05) is 6.61 Å². The Hall–Kier alpha value is -1.30. The first-order valence-corrected chi connectivity index (χ1v) is 10.7. The normalized spacial score (nSPS) is 14.7. The number of halogens is 3. The number of rotatable bonds is 10. The molecule has 0 heterocycles. The first-order chi connectivity index (χ1) is 12.9. The average molecular weight is 415 g/mol. The predicted octanol–water partition coefficient (Wildman–Crippen LogP) is 5.97. The Morgan fingerprint density at radius 2 is 1.70 bits per heavy atom. The molecule has 0 bridgehead atoms. The topological polar surface area (TPSA) is 37.3 Å². The molecule has 0 aliphatic rings. The fourth-order valence-electron chi connectivity index (χ4n) is 3.29.